The van der Waals surface area contributed by atoms with Gasteiger partial charge in [0.1, 0.15) is 0 Å². The highest BCUT2D eigenvalue weighted by Gasteiger charge is 2.33. The van der Waals surface area contributed by atoms with Gasteiger partial charge in [-0.25, -0.2) is 5.01 Å². The molecule has 1 atom stereocenters. The van der Waals surface area contributed by atoms with Gasteiger partial charge in [-0.15, -0.1) is 0 Å². The number of aryl methyl sites for hydroxylation is 1. The summed E-state index contributed by atoms with van der Waals surface area (Å²) in [7, 11) is 3.14. The zero-order valence-electron chi connectivity index (χ0n) is 17.4. The van der Waals surface area contributed by atoms with E-state index in [0.29, 0.717) is 17.9 Å². The second-order valence-electron chi connectivity index (χ2n) is 7.21. The van der Waals surface area contributed by atoms with Gasteiger partial charge in [-0.05, 0) is 43.5 Å². The third-order valence-electron chi connectivity index (χ3n) is 5.12. The monoisotopic (exact) mass is 409 g/mol. The molecule has 0 N–H and O–H groups in total. The lowest BCUT2D eigenvalue weighted by molar-refractivity contribution is -0.305. The predicted octanol–water partition coefficient (Wildman–Crippen LogP) is 2.61. The van der Waals surface area contributed by atoms with Crippen molar-refractivity contribution in [2.24, 2.45) is 5.10 Å². The van der Waals surface area contributed by atoms with Crippen LogP contribution in [0.25, 0.3) is 0 Å². The number of benzene rings is 2. The molecule has 0 aliphatic carbocycles. The lowest BCUT2D eigenvalue weighted by Gasteiger charge is -2.22. The van der Waals surface area contributed by atoms with Crippen LogP contribution in [0.3, 0.4) is 0 Å². The van der Waals surface area contributed by atoms with Crippen LogP contribution in [0.5, 0.6) is 11.5 Å². The molecule has 1 aliphatic heterocycles. The maximum atomic E-state index is 12.8. The van der Waals surface area contributed by atoms with Crippen molar-refractivity contribution >= 4 is 17.6 Å². The van der Waals surface area contributed by atoms with Crippen molar-refractivity contribution in [3.8, 4) is 11.5 Å². The van der Waals surface area contributed by atoms with Gasteiger partial charge in [0.15, 0.2) is 11.5 Å². The minimum atomic E-state index is -1.16. The number of hydrogen-bond donors (Lipinski definition) is 0. The zero-order chi connectivity index (χ0) is 21.7. The molecular weight excluding hydrogens is 384 g/mol. The van der Waals surface area contributed by atoms with Crippen molar-refractivity contribution in [3.63, 3.8) is 0 Å². The fourth-order valence-corrected chi connectivity index (χ4v) is 3.48. The molecule has 30 heavy (non-hydrogen) atoms. The van der Waals surface area contributed by atoms with Gasteiger partial charge in [0.05, 0.1) is 26.0 Å². The first-order valence-corrected chi connectivity index (χ1v) is 9.81. The topological polar surface area (TPSA) is 91.3 Å². The molecule has 2 aromatic rings. The van der Waals surface area contributed by atoms with Gasteiger partial charge >= 0.3 is 0 Å². The summed E-state index contributed by atoms with van der Waals surface area (Å²) in [6, 6.07) is 13.3. The number of hydrazone groups is 1. The molecule has 158 valence electrons. The third kappa shape index (κ3) is 4.79. The Balaban J connectivity index is 1.90. The minimum absolute atomic E-state index is 0.0963. The summed E-state index contributed by atoms with van der Waals surface area (Å²) >= 11 is 0. The summed E-state index contributed by atoms with van der Waals surface area (Å²) in [6.07, 6.45) is 0.713. The number of carboxylic acids is 1. The lowest BCUT2D eigenvalue weighted by atomic mass is 9.97. The summed E-state index contributed by atoms with van der Waals surface area (Å²) in [4.78, 5) is 23.5. The lowest BCUT2D eigenvalue weighted by Crippen LogP contribution is -2.28. The minimum Gasteiger partial charge on any atom is -0.550 e. The zero-order valence-corrected chi connectivity index (χ0v) is 17.4. The van der Waals surface area contributed by atoms with Crippen LogP contribution in [0, 0.1) is 6.92 Å². The molecule has 7 heteroatoms. The normalized spacial score (nSPS) is 15.6. The molecule has 0 saturated carbocycles. The standard InChI is InChI=1S/C23H26N2O5/c1-15-7-9-16(10-8-15)19-14-18(17-11-12-20(29-2)21(13-17)30-3)24-25(19)22(26)5-4-6-23(27)28/h7-13,19H,4-6,14H2,1-3H3,(H,27,28)/p-1/t19-/m0/s1. The van der Waals surface area contributed by atoms with Gasteiger partial charge in [-0.1, -0.05) is 29.8 Å². The van der Waals surface area contributed by atoms with Gasteiger partial charge in [0.25, 0.3) is 0 Å². The maximum absolute atomic E-state index is 12.8. The Morgan fingerprint density at radius 1 is 1.07 bits per heavy atom. The van der Waals surface area contributed by atoms with Crippen molar-refractivity contribution in [2.45, 2.75) is 38.6 Å². The van der Waals surface area contributed by atoms with E-state index in [-0.39, 0.29) is 31.2 Å². The Bertz CT molecular complexity index is 953. The van der Waals surface area contributed by atoms with Crippen LogP contribution in [0.2, 0.25) is 0 Å². The molecule has 1 amide bonds. The van der Waals surface area contributed by atoms with Crippen LogP contribution in [0.15, 0.2) is 47.6 Å². The predicted molar refractivity (Wildman–Crippen MR) is 110 cm³/mol. The average molecular weight is 409 g/mol. The van der Waals surface area contributed by atoms with E-state index in [2.05, 4.69) is 5.10 Å². The van der Waals surface area contributed by atoms with Crippen LogP contribution in [0.4, 0.5) is 0 Å². The number of nitrogens with zero attached hydrogens (tertiary/aromatic N) is 2. The van der Waals surface area contributed by atoms with Gasteiger partial charge in [-0.2, -0.15) is 5.10 Å². The number of aliphatic carboxylic acids is 1. The molecule has 1 aliphatic rings. The van der Waals surface area contributed by atoms with E-state index in [1.807, 2.05) is 49.4 Å². The molecule has 0 fully saturated rings. The van der Waals surface area contributed by atoms with Crippen molar-refractivity contribution < 1.29 is 24.2 Å². The molecule has 0 unspecified atom stereocenters. The maximum Gasteiger partial charge on any atom is 0.243 e. The number of carbonyl (C=O) groups excluding carboxylic acids is 2. The number of rotatable bonds is 8. The van der Waals surface area contributed by atoms with E-state index in [1.54, 1.807) is 14.2 Å². The van der Waals surface area contributed by atoms with E-state index < -0.39 is 5.97 Å². The average Bonchev–Trinajstić information content (AvgIpc) is 3.19. The van der Waals surface area contributed by atoms with Crippen molar-refractivity contribution in [1.82, 2.24) is 5.01 Å². The summed E-state index contributed by atoms with van der Waals surface area (Å²) in [6.45, 7) is 2.01. The van der Waals surface area contributed by atoms with Crippen LogP contribution in [-0.4, -0.2) is 36.8 Å². The molecule has 0 radical (unpaired) electrons. The molecule has 2 aromatic carbocycles. The molecule has 0 saturated heterocycles. The Labute approximate surface area is 175 Å². The molecule has 3 rings (SSSR count). The largest absolute Gasteiger partial charge is 0.550 e. The molecule has 0 aromatic heterocycles. The molecule has 1 heterocycles. The highest BCUT2D eigenvalue weighted by molar-refractivity contribution is 6.03. The van der Waals surface area contributed by atoms with E-state index in [4.69, 9.17) is 9.47 Å². The second kappa shape index (κ2) is 9.43. The first-order chi connectivity index (χ1) is 14.4. The first kappa shape index (κ1) is 21.4. The van der Waals surface area contributed by atoms with Crippen molar-refractivity contribution in [1.29, 1.82) is 0 Å². The first-order valence-electron chi connectivity index (χ1n) is 9.81. The summed E-state index contributed by atoms with van der Waals surface area (Å²) in [5.74, 6) is -0.167. The van der Waals surface area contributed by atoms with Crippen LogP contribution in [-0.2, 0) is 9.59 Å². The van der Waals surface area contributed by atoms with E-state index >= 15 is 0 Å². The highest BCUT2D eigenvalue weighted by atomic mass is 16.5. The molecule has 7 nitrogen and oxygen atoms in total. The Kier molecular flexibility index (Phi) is 6.72. The summed E-state index contributed by atoms with van der Waals surface area (Å²) in [5, 5.41) is 16.8. The fourth-order valence-electron chi connectivity index (χ4n) is 3.48. The molecule has 0 bridgehead atoms. The van der Waals surface area contributed by atoms with Crippen LogP contribution in [0.1, 0.15) is 48.4 Å². The van der Waals surface area contributed by atoms with Crippen LogP contribution >= 0.6 is 0 Å². The summed E-state index contributed by atoms with van der Waals surface area (Å²) in [5.41, 5.74) is 3.71. The molecule has 0 spiro atoms. The van der Waals surface area contributed by atoms with Gasteiger partial charge in [0, 0.05) is 24.4 Å². The number of methoxy groups -OCH3 is 2. The number of carboxylic acid groups (broad SMARTS) is 1. The van der Waals surface area contributed by atoms with Gasteiger partial charge < -0.3 is 19.4 Å². The highest BCUT2D eigenvalue weighted by Crippen LogP contribution is 2.35. The fraction of sp³-hybridized carbons (Fsp3) is 0.348. The quantitative estimate of drug-likeness (QED) is 0.668. The number of hydrogen-bond acceptors (Lipinski definition) is 6. The SMILES string of the molecule is COc1ccc(C2=NN(C(=O)CCCC(=O)[O-])[C@H](c3ccc(C)cc3)C2)cc1OC. The molecular formula is C23H25N2O5-. The number of amides is 1. The van der Waals surface area contributed by atoms with Crippen LogP contribution < -0.4 is 14.6 Å². The smallest absolute Gasteiger partial charge is 0.243 e. The summed E-state index contributed by atoms with van der Waals surface area (Å²) < 4.78 is 10.7. The second-order valence-corrected chi connectivity index (χ2v) is 7.21. The number of carbonyl (C=O) groups is 2. The Morgan fingerprint density at radius 2 is 1.77 bits per heavy atom. The Morgan fingerprint density at radius 3 is 2.40 bits per heavy atom. The van der Waals surface area contributed by atoms with Gasteiger partial charge in [0.2, 0.25) is 5.91 Å². The van der Waals surface area contributed by atoms with Crippen molar-refractivity contribution in [3.05, 3.63) is 59.2 Å². The van der Waals surface area contributed by atoms with Crippen molar-refractivity contribution in [2.75, 3.05) is 14.2 Å². The Hall–Kier alpha value is -3.35. The number of ether oxygens (including phenoxy) is 2. The van der Waals surface area contributed by atoms with E-state index in [9.17, 15) is 14.7 Å². The third-order valence-corrected chi connectivity index (χ3v) is 5.12. The van der Waals surface area contributed by atoms with E-state index in [0.717, 1.165) is 22.4 Å². The van der Waals surface area contributed by atoms with E-state index in [1.165, 1.54) is 5.01 Å². The van der Waals surface area contributed by atoms with Gasteiger partial charge in [-0.3, -0.25) is 4.79 Å².